The average molecular weight is 154 g/mol. The number of nitrogens with zero attached hydrogens (tertiary/aromatic N) is 1. The van der Waals surface area contributed by atoms with Crippen molar-refractivity contribution in [3.05, 3.63) is 17.7 Å². The number of rotatable bonds is 2. The highest BCUT2D eigenvalue weighted by Crippen LogP contribution is 2.09. The van der Waals surface area contributed by atoms with Gasteiger partial charge in [-0.3, -0.25) is 4.79 Å². The third-order valence-corrected chi connectivity index (χ3v) is 1.36. The van der Waals surface area contributed by atoms with Crippen molar-refractivity contribution in [2.45, 2.75) is 13.0 Å². The molecule has 0 bridgehead atoms. The number of nitrogens with one attached hydrogen (secondary N) is 1. The highest BCUT2D eigenvalue weighted by atomic mass is 16.1. The van der Waals surface area contributed by atoms with Crippen LogP contribution in [0.3, 0.4) is 0 Å². The van der Waals surface area contributed by atoms with E-state index in [9.17, 15) is 4.79 Å². The van der Waals surface area contributed by atoms with Crippen molar-refractivity contribution < 1.29 is 4.79 Å². The monoisotopic (exact) mass is 154 g/mol. The number of nitrogens with two attached hydrogens (primary N) is 2. The standard InChI is InChI=1S/C6H10N4O/c1-3(7)4-5(6(8)11)10-2-9-4/h2-3H,7H2,1H3,(H2,8,11)(H,9,10)/t3-/m1/s1. The molecule has 1 atom stereocenters. The summed E-state index contributed by atoms with van der Waals surface area (Å²) in [6.45, 7) is 1.75. The number of carbonyl (C=O) groups excluding carboxylic acids is 1. The molecule has 0 radical (unpaired) electrons. The van der Waals surface area contributed by atoms with E-state index in [1.807, 2.05) is 0 Å². The molecule has 0 unspecified atom stereocenters. The van der Waals surface area contributed by atoms with E-state index in [0.717, 1.165) is 0 Å². The second-order valence-corrected chi connectivity index (χ2v) is 2.32. The van der Waals surface area contributed by atoms with Crippen LogP contribution >= 0.6 is 0 Å². The number of aromatic nitrogens is 2. The smallest absolute Gasteiger partial charge is 0.269 e. The van der Waals surface area contributed by atoms with E-state index in [0.29, 0.717) is 5.69 Å². The molecule has 1 aromatic rings. The Morgan fingerprint density at radius 2 is 2.45 bits per heavy atom. The van der Waals surface area contributed by atoms with Crippen LogP contribution in [0, 0.1) is 0 Å². The highest BCUT2D eigenvalue weighted by Gasteiger charge is 2.13. The zero-order chi connectivity index (χ0) is 8.43. The average Bonchev–Trinajstić information content (AvgIpc) is 2.32. The maximum absolute atomic E-state index is 10.7. The summed E-state index contributed by atoms with van der Waals surface area (Å²) in [7, 11) is 0. The first kappa shape index (κ1) is 7.74. The molecule has 11 heavy (non-hydrogen) atoms. The van der Waals surface area contributed by atoms with Gasteiger partial charge in [-0.25, -0.2) is 4.98 Å². The van der Waals surface area contributed by atoms with Gasteiger partial charge in [-0.15, -0.1) is 0 Å². The van der Waals surface area contributed by atoms with Gasteiger partial charge in [-0.1, -0.05) is 0 Å². The Balaban J connectivity index is 3.06. The van der Waals surface area contributed by atoms with Crippen molar-refractivity contribution in [2.75, 3.05) is 0 Å². The lowest BCUT2D eigenvalue weighted by Crippen LogP contribution is -2.17. The molecule has 0 aromatic carbocycles. The summed E-state index contributed by atoms with van der Waals surface area (Å²) >= 11 is 0. The lowest BCUT2D eigenvalue weighted by molar-refractivity contribution is 0.0994. The molecule has 0 saturated heterocycles. The van der Waals surface area contributed by atoms with Gasteiger partial charge in [0.05, 0.1) is 12.0 Å². The van der Waals surface area contributed by atoms with Crippen LogP contribution in [-0.4, -0.2) is 15.9 Å². The maximum Gasteiger partial charge on any atom is 0.269 e. The SMILES string of the molecule is C[C@@H](N)c1[nH]cnc1C(N)=O. The van der Waals surface area contributed by atoms with E-state index in [2.05, 4.69) is 9.97 Å². The minimum Gasteiger partial charge on any atom is -0.364 e. The van der Waals surface area contributed by atoms with Crippen LogP contribution < -0.4 is 11.5 Å². The van der Waals surface area contributed by atoms with Crippen molar-refractivity contribution in [3.63, 3.8) is 0 Å². The highest BCUT2D eigenvalue weighted by molar-refractivity contribution is 5.92. The third kappa shape index (κ3) is 1.38. The van der Waals surface area contributed by atoms with Gasteiger partial charge in [0.2, 0.25) is 0 Å². The summed E-state index contributed by atoms with van der Waals surface area (Å²) in [6.07, 6.45) is 1.40. The van der Waals surface area contributed by atoms with Gasteiger partial charge in [0, 0.05) is 6.04 Å². The van der Waals surface area contributed by atoms with Gasteiger partial charge in [-0.2, -0.15) is 0 Å². The number of hydrogen-bond donors (Lipinski definition) is 3. The molecule has 60 valence electrons. The molecule has 0 aliphatic rings. The van der Waals surface area contributed by atoms with Gasteiger partial charge in [0.25, 0.3) is 5.91 Å². The molecule has 1 heterocycles. The summed E-state index contributed by atoms with van der Waals surface area (Å²) in [6, 6.07) is -0.250. The predicted octanol–water partition coefficient (Wildman–Crippen LogP) is -0.472. The summed E-state index contributed by atoms with van der Waals surface area (Å²) in [4.78, 5) is 17.1. The first-order valence-corrected chi connectivity index (χ1v) is 3.21. The van der Waals surface area contributed by atoms with Crippen LogP contribution in [0.25, 0.3) is 0 Å². The molecule has 1 rings (SSSR count). The van der Waals surface area contributed by atoms with Crippen LogP contribution in [0.15, 0.2) is 6.33 Å². The Kier molecular flexibility index (Phi) is 1.91. The van der Waals surface area contributed by atoms with E-state index in [4.69, 9.17) is 11.5 Å². The summed E-state index contributed by atoms with van der Waals surface area (Å²) in [5, 5.41) is 0. The molecular formula is C6H10N4O. The minimum atomic E-state index is -0.557. The second-order valence-electron chi connectivity index (χ2n) is 2.32. The van der Waals surface area contributed by atoms with Gasteiger partial charge in [0.1, 0.15) is 5.69 Å². The quantitative estimate of drug-likeness (QED) is 0.537. The normalized spacial score (nSPS) is 12.9. The van der Waals surface area contributed by atoms with Crippen molar-refractivity contribution in [2.24, 2.45) is 11.5 Å². The van der Waals surface area contributed by atoms with E-state index < -0.39 is 5.91 Å². The van der Waals surface area contributed by atoms with E-state index in [1.165, 1.54) is 6.33 Å². The van der Waals surface area contributed by atoms with Crippen LogP contribution in [0.4, 0.5) is 0 Å². The number of aromatic amines is 1. The number of primary amides is 1. The van der Waals surface area contributed by atoms with Crippen molar-refractivity contribution >= 4 is 5.91 Å². The minimum absolute atomic E-state index is 0.222. The molecule has 0 fully saturated rings. The van der Waals surface area contributed by atoms with Gasteiger partial charge in [-0.05, 0) is 6.92 Å². The lowest BCUT2D eigenvalue weighted by atomic mass is 10.2. The van der Waals surface area contributed by atoms with Gasteiger partial charge in [0.15, 0.2) is 0 Å². The number of amides is 1. The Morgan fingerprint density at radius 1 is 1.82 bits per heavy atom. The molecule has 5 heteroatoms. The molecule has 0 spiro atoms. The number of carbonyl (C=O) groups is 1. The Hall–Kier alpha value is -1.36. The fourth-order valence-corrected chi connectivity index (χ4v) is 0.848. The summed E-state index contributed by atoms with van der Waals surface area (Å²) < 4.78 is 0. The van der Waals surface area contributed by atoms with E-state index in [-0.39, 0.29) is 11.7 Å². The topological polar surface area (TPSA) is 97.8 Å². The fraction of sp³-hybridized carbons (Fsp3) is 0.333. The van der Waals surface area contributed by atoms with Crippen LogP contribution in [0.1, 0.15) is 29.1 Å². The van der Waals surface area contributed by atoms with Crippen molar-refractivity contribution in [1.82, 2.24) is 9.97 Å². The first-order chi connectivity index (χ1) is 5.13. The number of imidazole rings is 1. The van der Waals surface area contributed by atoms with Crippen molar-refractivity contribution in [1.29, 1.82) is 0 Å². The molecule has 5 N–H and O–H groups in total. The Morgan fingerprint density at radius 3 is 2.82 bits per heavy atom. The van der Waals surface area contributed by atoms with E-state index >= 15 is 0 Å². The molecule has 0 aliphatic carbocycles. The summed E-state index contributed by atoms with van der Waals surface area (Å²) in [5.41, 5.74) is 11.3. The van der Waals surface area contributed by atoms with Crippen LogP contribution in [0.2, 0.25) is 0 Å². The van der Waals surface area contributed by atoms with Gasteiger partial charge >= 0.3 is 0 Å². The molecular weight excluding hydrogens is 144 g/mol. The fourth-order valence-electron chi connectivity index (χ4n) is 0.848. The Bertz CT molecular complexity index is 265. The van der Waals surface area contributed by atoms with E-state index in [1.54, 1.807) is 6.92 Å². The predicted molar refractivity (Wildman–Crippen MR) is 39.7 cm³/mol. The molecule has 5 nitrogen and oxygen atoms in total. The second kappa shape index (κ2) is 2.71. The molecule has 1 amide bonds. The van der Waals surface area contributed by atoms with Crippen molar-refractivity contribution in [3.8, 4) is 0 Å². The summed E-state index contributed by atoms with van der Waals surface area (Å²) in [5.74, 6) is -0.557. The molecule has 0 saturated carbocycles. The lowest BCUT2D eigenvalue weighted by Gasteiger charge is -2.01. The zero-order valence-electron chi connectivity index (χ0n) is 6.16. The van der Waals surface area contributed by atoms with Crippen LogP contribution in [0.5, 0.6) is 0 Å². The number of H-pyrrole nitrogens is 1. The molecule has 0 aliphatic heterocycles. The molecule has 1 aromatic heterocycles. The van der Waals surface area contributed by atoms with Crippen LogP contribution in [-0.2, 0) is 0 Å². The zero-order valence-corrected chi connectivity index (χ0v) is 6.16. The van der Waals surface area contributed by atoms with Gasteiger partial charge < -0.3 is 16.5 Å². The maximum atomic E-state index is 10.7. The number of hydrogen-bond acceptors (Lipinski definition) is 3. The Labute approximate surface area is 63.8 Å². The third-order valence-electron chi connectivity index (χ3n) is 1.36. The first-order valence-electron chi connectivity index (χ1n) is 3.21. The largest absolute Gasteiger partial charge is 0.364 e.